The summed E-state index contributed by atoms with van der Waals surface area (Å²) in [5.41, 5.74) is 3.00. The van der Waals surface area contributed by atoms with E-state index < -0.39 is 5.97 Å². The monoisotopic (exact) mass is 415 g/mol. The maximum Gasteiger partial charge on any atom is 0.303 e. The van der Waals surface area contributed by atoms with E-state index in [2.05, 4.69) is 0 Å². The van der Waals surface area contributed by atoms with Crippen LogP contribution in [0.5, 0.6) is 11.5 Å². The van der Waals surface area contributed by atoms with Crippen LogP contribution >= 0.6 is 23.1 Å². The van der Waals surface area contributed by atoms with Crippen LogP contribution in [-0.4, -0.2) is 36.0 Å². The first-order valence-electron chi connectivity index (χ1n) is 8.75. The third-order valence-corrected chi connectivity index (χ3v) is 6.42. The van der Waals surface area contributed by atoms with Crippen LogP contribution in [0.1, 0.15) is 12.8 Å². The van der Waals surface area contributed by atoms with Crippen molar-refractivity contribution in [1.29, 1.82) is 0 Å². The van der Waals surface area contributed by atoms with Gasteiger partial charge in [-0.15, -0.1) is 11.3 Å². The van der Waals surface area contributed by atoms with Crippen LogP contribution in [0.15, 0.2) is 52.9 Å². The fourth-order valence-corrected chi connectivity index (χ4v) is 4.81. The Morgan fingerprint density at radius 2 is 1.57 bits per heavy atom. The van der Waals surface area contributed by atoms with E-state index in [0.29, 0.717) is 6.42 Å². The topological polar surface area (TPSA) is 68.7 Å². The average Bonchev–Trinajstić information content (AvgIpc) is 3.15. The Morgan fingerprint density at radius 1 is 1.00 bits per heavy atom. The molecule has 28 heavy (non-hydrogen) atoms. The summed E-state index contributed by atoms with van der Waals surface area (Å²) in [6.45, 7) is 0. The summed E-state index contributed by atoms with van der Waals surface area (Å²) in [5.74, 6) is 1.57. The number of carbonyl (C=O) groups is 1. The van der Waals surface area contributed by atoms with Gasteiger partial charge in [0.25, 0.3) is 0 Å². The van der Waals surface area contributed by atoms with E-state index in [1.165, 1.54) is 0 Å². The Morgan fingerprint density at radius 3 is 2.11 bits per heavy atom. The Hall–Kier alpha value is -2.51. The largest absolute Gasteiger partial charge is 0.497 e. The molecule has 1 heterocycles. The van der Waals surface area contributed by atoms with Crippen molar-refractivity contribution < 1.29 is 19.4 Å². The summed E-state index contributed by atoms with van der Waals surface area (Å²) in [7, 11) is 3.29. The number of ether oxygens (including phenoxy) is 2. The van der Waals surface area contributed by atoms with Gasteiger partial charge in [-0.05, 0) is 60.5 Å². The molecule has 0 atom stereocenters. The van der Waals surface area contributed by atoms with Crippen molar-refractivity contribution in [3.05, 3.63) is 48.5 Å². The lowest BCUT2D eigenvalue weighted by Crippen LogP contribution is -1.94. The van der Waals surface area contributed by atoms with Crippen molar-refractivity contribution in [1.82, 2.24) is 4.98 Å². The van der Waals surface area contributed by atoms with E-state index in [-0.39, 0.29) is 6.42 Å². The van der Waals surface area contributed by atoms with Crippen LogP contribution in [0.2, 0.25) is 0 Å². The minimum Gasteiger partial charge on any atom is -0.497 e. The lowest BCUT2D eigenvalue weighted by atomic mass is 10.1. The van der Waals surface area contributed by atoms with Gasteiger partial charge in [0.15, 0.2) is 4.34 Å². The van der Waals surface area contributed by atoms with Crippen LogP contribution in [0.25, 0.3) is 21.7 Å². The van der Waals surface area contributed by atoms with E-state index in [1.807, 2.05) is 48.5 Å². The van der Waals surface area contributed by atoms with Crippen molar-refractivity contribution in [3.8, 4) is 33.2 Å². The molecule has 7 heteroatoms. The van der Waals surface area contributed by atoms with Crippen LogP contribution in [-0.2, 0) is 4.79 Å². The van der Waals surface area contributed by atoms with Crippen molar-refractivity contribution >= 4 is 29.1 Å². The first kappa shape index (κ1) is 20.2. The van der Waals surface area contributed by atoms with Crippen molar-refractivity contribution in [3.63, 3.8) is 0 Å². The molecule has 0 unspecified atom stereocenters. The standard InChI is InChI=1S/C21H21NO4S2/c1-25-16-9-5-14(6-10-16)19-20(15-7-11-17(26-2)12-8-15)28-21(22-19)27-13-3-4-18(23)24/h5-12H,3-4,13H2,1-2H3,(H,23,24). The van der Waals surface area contributed by atoms with E-state index in [4.69, 9.17) is 19.6 Å². The zero-order chi connectivity index (χ0) is 19.9. The van der Waals surface area contributed by atoms with E-state index >= 15 is 0 Å². The molecular formula is C21H21NO4S2. The van der Waals surface area contributed by atoms with Crippen LogP contribution in [0, 0.1) is 0 Å². The highest BCUT2D eigenvalue weighted by molar-refractivity contribution is 8.01. The van der Waals surface area contributed by atoms with Gasteiger partial charge in [-0.1, -0.05) is 11.8 Å². The van der Waals surface area contributed by atoms with E-state index in [0.717, 1.165) is 43.3 Å². The van der Waals surface area contributed by atoms with E-state index in [1.54, 1.807) is 37.3 Å². The molecule has 0 aliphatic heterocycles. The fraction of sp³-hybridized carbons (Fsp3) is 0.238. The van der Waals surface area contributed by atoms with Gasteiger partial charge in [0.1, 0.15) is 11.5 Å². The van der Waals surface area contributed by atoms with Crippen LogP contribution in [0.4, 0.5) is 0 Å². The smallest absolute Gasteiger partial charge is 0.303 e. The van der Waals surface area contributed by atoms with Crippen molar-refractivity contribution in [2.75, 3.05) is 20.0 Å². The van der Waals surface area contributed by atoms with Gasteiger partial charge in [-0.2, -0.15) is 0 Å². The summed E-state index contributed by atoms with van der Waals surface area (Å²) in [5, 5.41) is 8.80. The highest BCUT2D eigenvalue weighted by Gasteiger charge is 2.16. The molecule has 3 rings (SSSR count). The molecule has 3 aromatic rings. The van der Waals surface area contributed by atoms with Gasteiger partial charge < -0.3 is 14.6 Å². The summed E-state index contributed by atoms with van der Waals surface area (Å²) in [6, 6.07) is 15.8. The van der Waals surface area contributed by atoms with Gasteiger partial charge in [-0.25, -0.2) is 4.98 Å². The van der Waals surface area contributed by atoms with Gasteiger partial charge in [0.05, 0.1) is 24.8 Å². The number of methoxy groups -OCH3 is 2. The number of thioether (sulfide) groups is 1. The van der Waals surface area contributed by atoms with Gasteiger partial charge in [-0.3, -0.25) is 4.79 Å². The lowest BCUT2D eigenvalue weighted by molar-refractivity contribution is -0.137. The van der Waals surface area contributed by atoms with Crippen LogP contribution in [0.3, 0.4) is 0 Å². The van der Waals surface area contributed by atoms with E-state index in [9.17, 15) is 4.79 Å². The average molecular weight is 416 g/mol. The molecule has 1 N–H and O–H groups in total. The number of hydrogen-bond acceptors (Lipinski definition) is 6. The third-order valence-electron chi connectivity index (χ3n) is 4.08. The number of benzene rings is 2. The molecule has 2 aromatic carbocycles. The molecule has 5 nitrogen and oxygen atoms in total. The van der Waals surface area contributed by atoms with Crippen molar-refractivity contribution in [2.24, 2.45) is 0 Å². The predicted octanol–water partition coefficient (Wildman–Crippen LogP) is 5.45. The highest BCUT2D eigenvalue weighted by Crippen LogP contribution is 2.41. The molecule has 0 radical (unpaired) electrons. The zero-order valence-corrected chi connectivity index (χ0v) is 17.3. The Labute approximate surface area is 172 Å². The number of rotatable bonds is 9. The minimum atomic E-state index is -0.766. The molecule has 0 amide bonds. The second-order valence-corrected chi connectivity index (χ2v) is 8.30. The fourth-order valence-electron chi connectivity index (χ4n) is 2.63. The predicted molar refractivity (Wildman–Crippen MR) is 114 cm³/mol. The number of nitrogens with zero attached hydrogens (tertiary/aromatic N) is 1. The number of thiazole rings is 1. The molecule has 1 aromatic heterocycles. The number of carboxylic acid groups (broad SMARTS) is 1. The van der Waals surface area contributed by atoms with Crippen LogP contribution < -0.4 is 9.47 Å². The normalized spacial score (nSPS) is 10.6. The highest BCUT2D eigenvalue weighted by atomic mass is 32.2. The molecule has 0 bridgehead atoms. The minimum absolute atomic E-state index is 0.176. The van der Waals surface area contributed by atoms with Gasteiger partial charge in [0.2, 0.25) is 0 Å². The summed E-state index contributed by atoms with van der Waals surface area (Å²) < 4.78 is 11.4. The Bertz CT molecular complexity index is 856. The zero-order valence-electron chi connectivity index (χ0n) is 15.7. The number of aliphatic carboxylic acids is 1. The van der Waals surface area contributed by atoms with Gasteiger partial charge >= 0.3 is 5.97 Å². The molecule has 0 saturated heterocycles. The number of hydrogen-bond donors (Lipinski definition) is 1. The summed E-state index contributed by atoms with van der Waals surface area (Å²) in [4.78, 5) is 16.6. The van der Waals surface area contributed by atoms with Crippen molar-refractivity contribution in [2.45, 2.75) is 17.2 Å². The summed E-state index contributed by atoms with van der Waals surface area (Å²) >= 11 is 3.22. The first-order valence-corrected chi connectivity index (χ1v) is 10.5. The molecule has 0 aliphatic carbocycles. The maximum atomic E-state index is 10.7. The third kappa shape index (κ3) is 5.05. The SMILES string of the molecule is COc1ccc(-c2nc(SCCCC(=O)O)sc2-c2ccc(OC)cc2)cc1. The second kappa shape index (κ2) is 9.61. The maximum absolute atomic E-state index is 10.7. The Kier molecular flexibility index (Phi) is 6.95. The molecule has 0 aliphatic rings. The van der Waals surface area contributed by atoms with Gasteiger partial charge in [0, 0.05) is 17.7 Å². The molecule has 0 fully saturated rings. The summed E-state index contributed by atoms with van der Waals surface area (Å²) in [6.07, 6.45) is 0.796. The molecule has 146 valence electrons. The Balaban J connectivity index is 1.91. The molecular weight excluding hydrogens is 394 g/mol. The second-order valence-electron chi connectivity index (χ2n) is 5.96. The lowest BCUT2D eigenvalue weighted by Gasteiger charge is -2.05. The molecule has 0 saturated carbocycles. The number of aromatic nitrogens is 1. The quantitative estimate of drug-likeness (QED) is 0.370. The number of carboxylic acids is 1. The molecule has 0 spiro atoms. The first-order chi connectivity index (χ1) is 13.6.